The predicted molar refractivity (Wildman–Crippen MR) is 123 cm³/mol. The molecule has 0 N–H and O–H groups in total. The van der Waals surface area contributed by atoms with E-state index in [4.69, 9.17) is 14.2 Å². The fourth-order valence-electron chi connectivity index (χ4n) is 5.00. The van der Waals surface area contributed by atoms with Crippen LogP contribution in [0, 0.1) is 6.92 Å². The molecule has 1 atom stereocenters. The number of ether oxygens (including phenoxy) is 3. The van der Waals surface area contributed by atoms with E-state index in [2.05, 4.69) is 10.6 Å². The molecule has 0 saturated heterocycles. The van der Waals surface area contributed by atoms with E-state index in [1.807, 2.05) is 43.3 Å². The van der Waals surface area contributed by atoms with Crippen molar-refractivity contribution < 1.29 is 14.2 Å². The molecule has 4 heterocycles. The lowest BCUT2D eigenvalue weighted by atomic mass is 10.0. The number of hydrogen-bond donors (Lipinski definition) is 0. The second-order valence-corrected chi connectivity index (χ2v) is 8.55. The van der Waals surface area contributed by atoms with Gasteiger partial charge in [-0.05, 0) is 36.2 Å². The first kappa shape index (κ1) is 19.9. The SMILES string of the molecule is Cc1cccc(-c2c3c(=O)n(C)c(=O)n(C)c3c3n2CCO[C@H]3c2ccc3c(c2)OCO3)c1. The lowest BCUT2D eigenvalue weighted by Crippen LogP contribution is -2.37. The van der Waals surface area contributed by atoms with E-state index >= 15 is 0 Å². The Kier molecular flexibility index (Phi) is 4.28. The van der Waals surface area contributed by atoms with Gasteiger partial charge in [0.25, 0.3) is 5.56 Å². The molecule has 4 aromatic rings. The average Bonchev–Trinajstić information content (AvgIpc) is 3.43. The summed E-state index contributed by atoms with van der Waals surface area (Å²) in [6.07, 6.45) is -0.466. The number of aryl methyl sites for hydroxylation is 2. The van der Waals surface area contributed by atoms with Crippen molar-refractivity contribution in [1.82, 2.24) is 13.7 Å². The Labute approximate surface area is 189 Å². The van der Waals surface area contributed by atoms with E-state index in [1.165, 1.54) is 11.6 Å². The zero-order chi connectivity index (χ0) is 22.9. The molecule has 2 aliphatic rings. The number of rotatable bonds is 2. The Morgan fingerprint density at radius 3 is 2.61 bits per heavy atom. The molecule has 0 saturated carbocycles. The van der Waals surface area contributed by atoms with Gasteiger partial charge in [0.1, 0.15) is 6.10 Å². The highest BCUT2D eigenvalue weighted by Gasteiger charge is 2.33. The quantitative estimate of drug-likeness (QED) is 0.474. The summed E-state index contributed by atoms with van der Waals surface area (Å²) in [6, 6.07) is 13.8. The monoisotopic (exact) mass is 445 g/mol. The van der Waals surface area contributed by atoms with E-state index in [1.54, 1.807) is 11.6 Å². The van der Waals surface area contributed by atoms with E-state index < -0.39 is 6.10 Å². The molecule has 0 fully saturated rings. The topological polar surface area (TPSA) is 76.6 Å². The molecular formula is C25H23N3O5. The largest absolute Gasteiger partial charge is 0.454 e. The Hall–Kier alpha value is -3.78. The van der Waals surface area contributed by atoms with Crippen LogP contribution in [0.25, 0.3) is 22.2 Å². The van der Waals surface area contributed by atoms with Crippen LogP contribution in [0.3, 0.4) is 0 Å². The molecule has 0 radical (unpaired) electrons. The highest BCUT2D eigenvalue weighted by atomic mass is 16.7. The minimum atomic E-state index is -0.466. The van der Waals surface area contributed by atoms with Crippen molar-refractivity contribution in [2.45, 2.75) is 19.6 Å². The Balaban J connectivity index is 1.72. The van der Waals surface area contributed by atoms with Crippen LogP contribution >= 0.6 is 0 Å². The second-order valence-electron chi connectivity index (χ2n) is 8.55. The molecule has 33 heavy (non-hydrogen) atoms. The minimum Gasteiger partial charge on any atom is -0.454 e. The molecule has 0 amide bonds. The van der Waals surface area contributed by atoms with Crippen LogP contribution in [0.15, 0.2) is 52.1 Å². The van der Waals surface area contributed by atoms with Gasteiger partial charge in [-0.15, -0.1) is 0 Å². The maximum absolute atomic E-state index is 13.5. The third-order valence-electron chi connectivity index (χ3n) is 6.54. The maximum Gasteiger partial charge on any atom is 0.331 e. The zero-order valence-corrected chi connectivity index (χ0v) is 18.6. The lowest BCUT2D eigenvalue weighted by Gasteiger charge is -2.28. The molecule has 2 aliphatic heterocycles. The van der Waals surface area contributed by atoms with Crippen LogP contribution in [0.2, 0.25) is 0 Å². The molecule has 0 spiro atoms. The van der Waals surface area contributed by atoms with Gasteiger partial charge in [-0.1, -0.05) is 29.8 Å². The van der Waals surface area contributed by atoms with Gasteiger partial charge in [0.2, 0.25) is 6.79 Å². The van der Waals surface area contributed by atoms with Gasteiger partial charge in [-0.2, -0.15) is 0 Å². The van der Waals surface area contributed by atoms with Crippen LogP contribution in [-0.4, -0.2) is 27.1 Å². The summed E-state index contributed by atoms with van der Waals surface area (Å²) in [5.41, 5.74) is 4.44. The number of hydrogen-bond acceptors (Lipinski definition) is 5. The highest BCUT2D eigenvalue weighted by Crippen LogP contribution is 2.43. The molecule has 0 unspecified atom stereocenters. The summed E-state index contributed by atoms with van der Waals surface area (Å²) in [7, 11) is 3.23. The summed E-state index contributed by atoms with van der Waals surface area (Å²) < 4.78 is 22.2. The normalized spacial score (nSPS) is 16.9. The Bertz CT molecular complexity index is 1560. The maximum atomic E-state index is 13.5. The summed E-state index contributed by atoms with van der Waals surface area (Å²) in [4.78, 5) is 26.4. The summed E-state index contributed by atoms with van der Waals surface area (Å²) in [5.74, 6) is 1.35. The Morgan fingerprint density at radius 2 is 1.79 bits per heavy atom. The van der Waals surface area contributed by atoms with Crippen molar-refractivity contribution >= 4 is 10.9 Å². The molecule has 2 aromatic carbocycles. The minimum absolute atomic E-state index is 0.186. The molecule has 8 nitrogen and oxygen atoms in total. The molecule has 6 rings (SSSR count). The van der Waals surface area contributed by atoms with Crippen LogP contribution in [0.5, 0.6) is 11.5 Å². The fourth-order valence-corrected chi connectivity index (χ4v) is 5.00. The van der Waals surface area contributed by atoms with Crippen molar-refractivity contribution in [1.29, 1.82) is 0 Å². The third-order valence-corrected chi connectivity index (χ3v) is 6.54. The van der Waals surface area contributed by atoms with Gasteiger partial charge < -0.3 is 18.8 Å². The first-order chi connectivity index (χ1) is 16.0. The summed E-state index contributed by atoms with van der Waals surface area (Å²) in [5, 5.41) is 0.524. The number of nitrogens with zero attached hydrogens (tertiary/aromatic N) is 3. The first-order valence-corrected chi connectivity index (χ1v) is 10.9. The average molecular weight is 445 g/mol. The van der Waals surface area contributed by atoms with Crippen LogP contribution in [0.1, 0.15) is 22.9 Å². The van der Waals surface area contributed by atoms with Gasteiger partial charge in [0.05, 0.1) is 28.9 Å². The molecule has 168 valence electrons. The van der Waals surface area contributed by atoms with Gasteiger partial charge in [-0.25, -0.2) is 4.79 Å². The Morgan fingerprint density at radius 1 is 0.970 bits per heavy atom. The van der Waals surface area contributed by atoms with Crippen LogP contribution < -0.4 is 20.7 Å². The van der Waals surface area contributed by atoms with Gasteiger partial charge >= 0.3 is 5.69 Å². The van der Waals surface area contributed by atoms with Crippen molar-refractivity contribution in [3.63, 3.8) is 0 Å². The highest BCUT2D eigenvalue weighted by molar-refractivity contribution is 5.96. The molecule has 0 bridgehead atoms. The van der Waals surface area contributed by atoms with Crippen molar-refractivity contribution in [2.24, 2.45) is 14.1 Å². The third kappa shape index (κ3) is 2.80. The number of fused-ring (bicyclic) bond motifs is 4. The van der Waals surface area contributed by atoms with Gasteiger partial charge in [0, 0.05) is 20.6 Å². The summed E-state index contributed by atoms with van der Waals surface area (Å²) >= 11 is 0. The standard InChI is InChI=1S/C25H23N3O5/c1-14-5-4-6-15(11-14)20-19-21(26(2)25(30)27(3)24(19)29)22-23(31-10-9-28(20)22)16-7-8-17-18(12-16)33-13-32-17/h4-8,11-12,23H,9-10,13H2,1-3H3/t23-/m0/s1. The fraction of sp³-hybridized carbons (Fsp3) is 0.280. The van der Waals surface area contributed by atoms with E-state index in [-0.39, 0.29) is 18.0 Å². The molecule has 0 aliphatic carbocycles. The lowest BCUT2D eigenvalue weighted by molar-refractivity contribution is 0.0477. The second kappa shape index (κ2) is 7.11. The smallest absolute Gasteiger partial charge is 0.331 e. The van der Waals surface area contributed by atoms with Gasteiger partial charge in [-0.3, -0.25) is 13.9 Å². The van der Waals surface area contributed by atoms with Crippen molar-refractivity contribution in [2.75, 3.05) is 13.4 Å². The van der Waals surface area contributed by atoms with Crippen LogP contribution in [0.4, 0.5) is 0 Å². The van der Waals surface area contributed by atoms with Gasteiger partial charge in [0.15, 0.2) is 11.5 Å². The van der Waals surface area contributed by atoms with Crippen molar-refractivity contribution in [3.05, 3.63) is 80.1 Å². The van der Waals surface area contributed by atoms with Crippen LogP contribution in [-0.2, 0) is 25.4 Å². The molecular weight excluding hydrogens is 422 g/mol. The first-order valence-electron chi connectivity index (χ1n) is 10.9. The number of aromatic nitrogens is 3. The van der Waals surface area contributed by atoms with E-state index in [9.17, 15) is 9.59 Å². The van der Waals surface area contributed by atoms with E-state index in [0.29, 0.717) is 35.6 Å². The van der Waals surface area contributed by atoms with Crippen molar-refractivity contribution in [3.8, 4) is 22.8 Å². The van der Waals surface area contributed by atoms with E-state index in [0.717, 1.165) is 28.1 Å². The molecule has 2 aromatic heterocycles. The zero-order valence-electron chi connectivity index (χ0n) is 18.6. The molecule has 8 heteroatoms. The predicted octanol–water partition coefficient (Wildman–Crippen LogP) is 2.86. The summed E-state index contributed by atoms with van der Waals surface area (Å²) in [6.45, 7) is 3.26. The number of benzene rings is 2.